The Bertz CT molecular complexity index is 390. The summed E-state index contributed by atoms with van der Waals surface area (Å²) < 4.78 is 5.96. The third kappa shape index (κ3) is 4.16. The molecule has 1 aromatic carbocycles. The first kappa shape index (κ1) is 15.7. The molecule has 3 heteroatoms. The summed E-state index contributed by atoms with van der Waals surface area (Å²) in [6.07, 6.45) is 3.54. The molecule has 2 unspecified atom stereocenters. The summed E-state index contributed by atoms with van der Waals surface area (Å²) in [5.74, 6) is 4.37. The minimum absolute atomic E-state index is 0.443. The summed E-state index contributed by atoms with van der Waals surface area (Å²) in [6, 6.07) is 9.01. The molecule has 2 nitrogen and oxygen atoms in total. The summed E-state index contributed by atoms with van der Waals surface area (Å²) in [6.45, 7) is 6.26. The number of rotatable bonds is 8. The molecule has 1 aliphatic heterocycles. The average Bonchev–Trinajstić information content (AvgIpc) is 3.01. The normalized spacial score (nSPS) is 20.0. The lowest BCUT2D eigenvalue weighted by Crippen LogP contribution is -2.29. The van der Waals surface area contributed by atoms with Crippen molar-refractivity contribution in [1.29, 1.82) is 0 Å². The number of benzene rings is 1. The summed E-state index contributed by atoms with van der Waals surface area (Å²) in [4.78, 5) is 0. The van der Waals surface area contributed by atoms with Gasteiger partial charge in [0.1, 0.15) is 5.75 Å². The van der Waals surface area contributed by atoms with Crippen molar-refractivity contribution in [3.05, 3.63) is 29.8 Å². The molecule has 0 saturated carbocycles. The Balaban J connectivity index is 2.17. The van der Waals surface area contributed by atoms with Gasteiger partial charge in [0.05, 0.1) is 6.61 Å². The van der Waals surface area contributed by atoms with Crippen LogP contribution in [0, 0.1) is 5.92 Å². The van der Waals surface area contributed by atoms with E-state index in [0.717, 1.165) is 31.2 Å². The molecule has 1 aromatic rings. The van der Waals surface area contributed by atoms with Crippen molar-refractivity contribution < 1.29 is 4.74 Å². The van der Waals surface area contributed by atoms with Crippen molar-refractivity contribution in [1.82, 2.24) is 5.32 Å². The topological polar surface area (TPSA) is 21.3 Å². The molecule has 0 aromatic heterocycles. The van der Waals surface area contributed by atoms with E-state index < -0.39 is 0 Å². The molecule has 0 spiro atoms. The Morgan fingerprint density at radius 2 is 2.15 bits per heavy atom. The third-order valence-electron chi connectivity index (χ3n) is 3.77. The van der Waals surface area contributed by atoms with Crippen LogP contribution in [-0.4, -0.2) is 24.7 Å². The van der Waals surface area contributed by atoms with Gasteiger partial charge in [-0.1, -0.05) is 32.0 Å². The first-order chi connectivity index (χ1) is 9.86. The number of hydrogen-bond acceptors (Lipinski definition) is 3. The lowest BCUT2D eigenvalue weighted by atomic mass is 9.91. The quantitative estimate of drug-likeness (QED) is 0.773. The minimum atomic E-state index is 0.443. The maximum Gasteiger partial charge on any atom is 0.124 e. The molecule has 0 bridgehead atoms. The highest BCUT2D eigenvalue weighted by Crippen LogP contribution is 2.37. The fraction of sp³-hybridized carbons (Fsp3) is 0.647. The van der Waals surface area contributed by atoms with Gasteiger partial charge in [0.2, 0.25) is 0 Å². The fourth-order valence-corrected chi connectivity index (χ4v) is 4.02. The smallest absolute Gasteiger partial charge is 0.124 e. The number of ether oxygens (including phenoxy) is 1. The molecule has 0 amide bonds. The van der Waals surface area contributed by atoms with Gasteiger partial charge < -0.3 is 10.1 Å². The van der Waals surface area contributed by atoms with Gasteiger partial charge in [0.25, 0.3) is 0 Å². The van der Waals surface area contributed by atoms with E-state index in [1.54, 1.807) is 0 Å². The monoisotopic (exact) mass is 293 g/mol. The Morgan fingerprint density at radius 1 is 1.30 bits per heavy atom. The van der Waals surface area contributed by atoms with Crippen LogP contribution in [0.5, 0.6) is 5.75 Å². The fourth-order valence-electron chi connectivity index (χ4n) is 2.73. The van der Waals surface area contributed by atoms with E-state index >= 15 is 0 Å². The SMILES string of the molecule is CCCNC(c1ccccc1OCCC)C1CCSC1. The number of para-hydroxylation sites is 1. The highest BCUT2D eigenvalue weighted by atomic mass is 32.2. The van der Waals surface area contributed by atoms with Crippen molar-refractivity contribution in [2.75, 3.05) is 24.7 Å². The van der Waals surface area contributed by atoms with Gasteiger partial charge in [-0.3, -0.25) is 0 Å². The summed E-state index contributed by atoms with van der Waals surface area (Å²) in [7, 11) is 0. The van der Waals surface area contributed by atoms with E-state index in [9.17, 15) is 0 Å². The Labute approximate surface area is 127 Å². The van der Waals surface area contributed by atoms with Gasteiger partial charge in [-0.05, 0) is 49.3 Å². The van der Waals surface area contributed by atoms with Crippen LogP contribution in [0.2, 0.25) is 0 Å². The molecule has 0 aliphatic carbocycles. The molecule has 1 saturated heterocycles. The van der Waals surface area contributed by atoms with Gasteiger partial charge in [-0.2, -0.15) is 11.8 Å². The van der Waals surface area contributed by atoms with Gasteiger partial charge in [0.15, 0.2) is 0 Å². The maximum atomic E-state index is 5.96. The summed E-state index contributed by atoms with van der Waals surface area (Å²) in [5, 5.41) is 3.75. The van der Waals surface area contributed by atoms with Crippen molar-refractivity contribution in [2.24, 2.45) is 5.92 Å². The lowest BCUT2D eigenvalue weighted by molar-refractivity contribution is 0.301. The van der Waals surface area contributed by atoms with Crippen molar-refractivity contribution in [2.45, 2.75) is 39.2 Å². The third-order valence-corrected chi connectivity index (χ3v) is 4.95. The second-order valence-corrected chi connectivity index (χ2v) is 6.59. The van der Waals surface area contributed by atoms with Gasteiger partial charge in [-0.25, -0.2) is 0 Å². The van der Waals surface area contributed by atoms with Gasteiger partial charge in [-0.15, -0.1) is 0 Å². The van der Waals surface area contributed by atoms with Crippen LogP contribution in [-0.2, 0) is 0 Å². The minimum Gasteiger partial charge on any atom is -0.493 e. The predicted molar refractivity (Wildman–Crippen MR) is 88.7 cm³/mol. The zero-order valence-electron chi connectivity index (χ0n) is 12.7. The standard InChI is InChI=1S/C17H27NOS/c1-3-10-18-17(14-9-12-20-13-14)15-7-5-6-8-16(15)19-11-4-2/h5-8,14,17-18H,3-4,9-13H2,1-2H3. The Hall–Kier alpha value is -0.670. The van der Waals surface area contributed by atoms with E-state index in [0.29, 0.717) is 6.04 Å². The first-order valence-electron chi connectivity index (χ1n) is 7.89. The molecule has 2 atom stereocenters. The van der Waals surface area contributed by atoms with Crippen LogP contribution in [0.4, 0.5) is 0 Å². The highest BCUT2D eigenvalue weighted by molar-refractivity contribution is 7.99. The van der Waals surface area contributed by atoms with Crippen LogP contribution in [0.3, 0.4) is 0 Å². The number of nitrogens with one attached hydrogen (secondary N) is 1. The van der Waals surface area contributed by atoms with Crippen LogP contribution in [0.1, 0.15) is 44.7 Å². The molecule has 1 aliphatic rings. The molecule has 112 valence electrons. The zero-order valence-corrected chi connectivity index (χ0v) is 13.5. The Kier molecular flexibility index (Phi) is 6.74. The van der Waals surface area contributed by atoms with Crippen molar-refractivity contribution >= 4 is 11.8 Å². The molecule has 0 radical (unpaired) electrons. The van der Waals surface area contributed by atoms with Crippen molar-refractivity contribution in [3.8, 4) is 5.75 Å². The van der Waals surface area contributed by atoms with E-state index in [4.69, 9.17) is 4.74 Å². The van der Waals surface area contributed by atoms with E-state index in [2.05, 4.69) is 55.2 Å². The highest BCUT2D eigenvalue weighted by Gasteiger charge is 2.28. The first-order valence-corrected chi connectivity index (χ1v) is 9.05. The molecule has 1 heterocycles. The second kappa shape index (κ2) is 8.58. The molecule has 20 heavy (non-hydrogen) atoms. The zero-order chi connectivity index (χ0) is 14.2. The summed E-state index contributed by atoms with van der Waals surface area (Å²) in [5.41, 5.74) is 1.35. The van der Waals surface area contributed by atoms with Crippen LogP contribution >= 0.6 is 11.8 Å². The van der Waals surface area contributed by atoms with Gasteiger partial charge in [0, 0.05) is 11.6 Å². The van der Waals surface area contributed by atoms with Crippen LogP contribution < -0.4 is 10.1 Å². The molecule has 1 N–H and O–H groups in total. The van der Waals surface area contributed by atoms with E-state index in [1.165, 1.54) is 29.9 Å². The molecule has 1 fully saturated rings. The Morgan fingerprint density at radius 3 is 2.85 bits per heavy atom. The largest absolute Gasteiger partial charge is 0.493 e. The summed E-state index contributed by atoms with van der Waals surface area (Å²) >= 11 is 2.08. The van der Waals surface area contributed by atoms with Crippen LogP contribution in [0.25, 0.3) is 0 Å². The van der Waals surface area contributed by atoms with E-state index in [-0.39, 0.29) is 0 Å². The number of thioether (sulfide) groups is 1. The van der Waals surface area contributed by atoms with E-state index in [1.807, 2.05) is 0 Å². The maximum absolute atomic E-state index is 5.96. The van der Waals surface area contributed by atoms with Crippen molar-refractivity contribution in [3.63, 3.8) is 0 Å². The molecule has 2 rings (SSSR count). The van der Waals surface area contributed by atoms with Gasteiger partial charge >= 0.3 is 0 Å². The number of hydrogen-bond donors (Lipinski definition) is 1. The predicted octanol–water partition coefficient (Wildman–Crippen LogP) is 4.27. The van der Waals surface area contributed by atoms with Crippen LogP contribution in [0.15, 0.2) is 24.3 Å². The second-order valence-electron chi connectivity index (χ2n) is 5.44. The average molecular weight is 293 g/mol. The molecular weight excluding hydrogens is 266 g/mol. The molecular formula is C17H27NOS. The lowest BCUT2D eigenvalue weighted by Gasteiger charge is -2.26.